The summed E-state index contributed by atoms with van der Waals surface area (Å²) in [5.41, 5.74) is 4.08. The molecule has 1 heterocycles. The lowest BCUT2D eigenvalue weighted by Crippen LogP contribution is -2.44. The summed E-state index contributed by atoms with van der Waals surface area (Å²) >= 11 is 0. The van der Waals surface area contributed by atoms with Gasteiger partial charge < -0.3 is 25.3 Å². The Morgan fingerprint density at radius 1 is 1.00 bits per heavy atom. The highest BCUT2D eigenvalue weighted by Gasteiger charge is 2.39. The highest BCUT2D eigenvalue weighted by Crippen LogP contribution is 2.32. The van der Waals surface area contributed by atoms with Crippen molar-refractivity contribution in [1.29, 1.82) is 0 Å². The Kier molecular flexibility index (Phi) is 9.17. The summed E-state index contributed by atoms with van der Waals surface area (Å²) in [4.78, 5) is 30.5. The first kappa shape index (κ1) is 28.6. The monoisotopic (exact) mass is 553 g/mol. The number of amides is 3. The van der Waals surface area contributed by atoms with E-state index in [1.807, 2.05) is 84.9 Å². The van der Waals surface area contributed by atoms with Gasteiger partial charge in [-0.05, 0) is 41.5 Å². The number of hydrogen-bond acceptors (Lipinski definition) is 4. The van der Waals surface area contributed by atoms with Crippen LogP contribution in [0.2, 0.25) is 0 Å². The van der Waals surface area contributed by atoms with Gasteiger partial charge in [0.25, 0.3) is 0 Å². The van der Waals surface area contributed by atoms with Crippen LogP contribution >= 0.6 is 0 Å². The Morgan fingerprint density at radius 2 is 1.66 bits per heavy atom. The number of carbonyl (C=O) groups is 2. The molecule has 41 heavy (non-hydrogen) atoms. The summed E-state index contributed by atoms with van der Waals surface area (Å²) in [6.07, 6.45) is 1.92. The summed E-state index contributed by atoms with van der Waals surface area (Å²) in [6, 6.07) is 26.8. The maximum Gasteiger partial charge on any atom is 0.320 e. The van der Waals surface area contributed by atoms with Crippen molar-refractivity contribution < 1.29 is 19.8 Å². The lowest BCUT2D eigenvalue weighted by molar-refractivity contribution is -0.127. The highest BCUT2D eigenvalue weighted by atomic mass is 16.3. The maximum absolute atomic E-state index is 13.7. The first-order valence-corrected chi connectivity index (χ1v) is 14.4. The number of benzene rings is 3. The van der Waals surface area contributed by atoms with Crippen LogP contribution in [0.5, 0.6) is 0 Å². The topological polar surface area (TPSA) is 93.1 Å². The molecule has 2 unspecified atom stereocenters. The van der Waals surface area contributed by atoms with Gasteiger partial charge in [-0.3, -0.25) is 4.79 Å². The summed E-state index contributed by atoms with van der Waals surface area (Å²) in [5, 5.41) is 25.1. The van der Waals surface area contributed by atoms with Crippen molar-refractivity contribution in [3.63, 3.8) is 0 Å². The predicted molar refractivity (Wildman–Crippen MR) is 159 cm³/mol. The van der Waals surface area contributed by atoms with Gasteiger partial charge >= 0.3 is 6.03 Å². The Hall–Kier alpha value is -3.94. The Labute approximate surface area is 242 Å². The number of carbonyl (C=O) groups excluding carboxylic acids is 2. The van der Waals surface area contributed by atoms with E-state index in [9.17, 15) is 19.8 Å². The molecule has 5 rings (SSSR count). The Bertz CT molecular complexity index is 1330. The van der Waals surface area contributed by atoms with Crippen LogP contribution in [-0.4, -0.2) is 69.8 Å². The molecule has 7 nitrogen and oxygen atoms in total. The third kappa shape index (κ3) is 6.87. The van der Waals surface area contributed by atoms with Crippen LogP contribution in [-0.2, 0) is 24.1 Å². The van der Waals surface area contributed by atoms with Crippen LogP contribution in [0, 0.1) is 5.92 Å². The molecule has 7 heteroatoms. The number of aliphatic hydroxyl groups excluding tert-OH is 2. The fourth-order valence-electron chi connectivity index (χ4n) is 6.20. The van der Waals surface area contributed by atoms with E-state index in [4.69, 9.17) is 0 Å². The molecule has 5 atom stereocenters. The van der Waals surface area contributed by atoms with Crippen molar-refractivity contribution in [1.82, 2.24) is 15.1 Å². The number of aliphatic hydroxyl groups is 2. The molecule has 0 spiro atoms. The number of nitrogens with zero attached hydrogens (tertiary/aromatic N) is 2. The lowest BCUT2D eigenvalue weighted by Gasteiger charge is -2.28. The molecule has 3 aromatic carbocycles. The van der Waals surface area contributed by atoms with Gasteiger partial charge in [-0.15, -0.1) is 6.58 Å². The Morgan fingerprint density at radius 3 is 2.37 bits per heavy atom. The number of nitrogens with one attached hydrogen (secondary N) is 1. The second kappa shape index (κ2) is 13.1. The fraction of sp³-hybridized carbons (Fsp3) is 0.353. The van der Waals surface area contributed by atoms with Crippen LogP contribution in [0.25, 0.3) is 0 Å². The average molecular weight is 554 g/mol. The first-order chi connectivity index (χ1) is 19.9. The van der Waals surface area contributed by atoms with Crippen molar-refractivity contribution in [2.24, 2.45) is 5.92 Å². The maximum atomic E-state index is 13.7. The van der Waals surface area contributed by atoms with Crippen LogP contribution in [0.15, 0.2) is 97.6 Å². The van der Waals surface area contributed by atoms with E-state index in [-0.39, 0.29) is 30.9 Å². The molecule has 214 valence electrons. The molecule has 2 aliphatic rings. The number of urea groups is 1. The minimum Gasteiger partial charge on any atom is -0.391 e. The normalized spacial score (nSPS) is 21.4. The lowest BCUT2D eigenvalue weighted by atomic mass is 9.91. The standard InChI is InChI=1S/C34H39N3O4/c1-2-17-36-22-28(19-25-13-7-4-8-14-25)37(34(36)41)23-29(38)20-27(18-24-11-5-3-6-12-24)33(40)35-32-30-16-10-9-15-26(30)21-31(32)39/h2-16,27-29,31-32,38-39H,1,17-23H2,(H,35,40)/t27?,28-,29?,31+,32-/m0/s1. The highest BCUT2D eigenvalue weighted by molar-refractivity contribution is 5.80. The SMILES string of the molecule is C=CCN1C[C@H](Cc2ccccc2)N(CC(O)CC(Cc2ccccc2)C(=O)N[C@H]2c3ccccc3C[C@H]2O)C1=O. The number of rotatable bonds is 12. The number of hydrogen-bond donors (Lipinski definition) is 3. The minimum atomic E-state index is -0.902. The molecule has 1 fully saturated rings. The van der Waals surface area contributed by atoms with E-state index < -0.39 is 24.2 Å². The largest absolute Gasteiger partial charge is 0.391 e. The van der Waals surface area contributed by atoms with Gasteiger partial charge in [0.2, 0.25) is 5.91 Å². The van der Waals surface area contributed by atoms with E-state index in [2.05, 4.69) is 11.9 Å². The van der Waals surface area contributed by atoms with Crippen molar-refractivity contribution >= 4 is 11.9 Å². The molecule has 3 N–H and O–H groups in total. The smallest absolute Gasteiger partial charge is 0.320 e. The molecule has 1 saturated heterocycles. The van der Waals surface area contributed by atoms with E-state index >= 15 is 0 Å². The molecule has 0 saturated carbocycles. The van der Waals surface area contributed by atoms with Crippen LogP contribution in [0.3, 0.4) is 0 Å². The molecule has 0 bridgehead atoms. The van der Waals surface area contributed by atoms with Gasteiger partial charge in [0, 0.05) is 32.0 Å². The summed E-state index contributed by atoms with van der Waals surface area (Å²) in [5.74, 6) is -0.752. The number of β-amino-alcohol motifs (C(OH)–C–C–N with tert-alkyl or cyclic N) is 1. The average Bonchev–Trinajstić information content (AvgIpc) is 3.44. The third-order valence-electron chi connectivity index (χ3n) is 8.21. The molecular weight excluding hydrogens is 514 g/mol. The summed E-state index contributed by atoms with van der Waals surface area (Å²) in [7, 11) is 0. The fourth-order valence-corrected chi connectivity index (χ4v) is 6.20. The molecule has 1 aliphatic carbocycles. The molecule has 3 aromatic rings. The zero-order valence-corrected chi connectivity index (χ0v) is 23.3. The minimum absolute atomic E-state index is 0.0916. The molecular formula is C34H39N3O4. The van der Waals surface area contributed by atoms with Gasteiger partial charge in [0.05, 0.1) is 24.3 Å². The van der Waals surface area contributed by atoms with E-state index in [1.165, 1.54) is 0 Å². The van der Waals surface area contributed by atoms with Crippen molar-refractivity contribution in [2.45, 2.75) is 50.0 Å². The first-order valence-electron chi connectivity index (χ1n) is 14.4. The predicted octanol–water partition coefficient (Wildman–Crippen LogP) is 3.91. The Balaban J connectivity index is 1.31. The zero-order chi connectivity index (χ0) is 28.8. The summed E-state index contributed by atoms with van der Waals surface area (Å²) < 4.78 is 0. The van der Waals surface area contributed by atoms with E-state index in [0.29, 0.717) is 32.4 Å². The zero-order valence-electron chi connectivity index (χ0n) is 23.3. The number of fused-ring (bicyclic) bond motifs is 1. The van der Waals surface area contributed by atoms with Crippen molar-refractivity contribution in [3.8, 4) is 0 Å². The van der Waals surface area contributed by atoms with E-state index in [1.54, 1.807) is 15.9 Å². The summed E-state index contributed by atoms with van der Waals surface area (Å²) in [6.45, 7) is 4.93. The van der Waals surface area contributed by atoms with E-state index in [0.717, 1.165) is 22.3 Å². The van der Waals surface area contributed by atoms with Gasteiger partial charge in [0.1, 0.15) is 0 Å². The third-order valence-corrected chi connectivity index (χ3v) is 8.21. The van der Waals surface area contributed by atoms with Gasteiger partial charge in [-0.2, -0.15) is 0 Å². The van der Waals surface area contributed by atoms with Crippen LogP contribution < -0.4 is 5.32 Å². The van der Waals surface area contributed by atoms with Crippen molar-refractivity contribution in [2.75, 3.05) is 19.6 Å². The second-order valence-electron chi connectivity index (χ2n) is 11.2. The molecule has 1 aliphatic heterocycles. The second-order valence-corrected chi connectivity index (χ2v) is 11.2. The molecule has 0 radical (unpaired) electrons. The van der Waals surface area contributed by atoms with Crippen LogP contribution in [0.4, 0.5) is 4.79 Å². The van der Waals surface area contributed by atoms with Gasteiger partial charge in [-0.1, -0.05) is 91.0 Å². The molecule has 0 aromatic heterocycles. The quantitative estimate of drug-likeness (QED) is 0.297. The van der Waals surface area contributed by atoms with Crippen LogP contribution in [0.1, 0.15) is 34.7 Å². The van der Waals surface area contributed by atoms with Gasteiger partial charge in [-0.25, -0.2) is 4.79 Å². The molecule has 3 amide bonds. The van der Waals surface area contributed by atoms with Gasteiger partial charge in [0.15, 0.2) is 0 Å². The van der Waals surface area contributed by atoms with Crippen molar-refractivity contribution in [3.05, 3.63) is 120 Å².